The summed E-state index contributed by atoms with van der Waals surface area (Å²) in [5, 5.41) is 5.88. The highest BCUT2D eigenvalue weighted by Gasteiger charge is 2.05. The first kappa shape index (κ1) is 13.2. The van der Waals surface area contributed by atoms with Gasteiger partial charge in [-0.25, -0.2) is 4.98 Å². The van der Waals surface area contributed by atoms with E-state index in [1.54, 1.807) is 6.20 Å². The molecule has 1 atom stereocenters. The molecular formula is C11H19N5O. The van der Waals surface area contributed by atoms with Gasteiger partial charge in [-0.15, -0.1) is 0 Å². The Morgan fingerprint density at radius 3 is 2.94 bits per heavy atom. The lowest BCUT2D eigenvalue weighted by molar-refractivity contribution is -0.121. The third-order valence-corrected chi connectivity index (χ3v) is 2.33. The third-order valence-electron chi connectivity index (χ3n) is 2.33. The molecule has 1 unspecified atom stereocenters. The minimum atomic E-state index is 0.0312. The number of nitrogens with two attached hydrogens (primary N) is 1. The molecule has 0 saturated heterocycles. The molecule has 6 nitrogen and oxygen atoms in total. The predicted octanol–water partition coefficient (Wildman–Crippen LogP) is 0.775. The van der Waals surface area contributed by atoms with Crippen molar-refractivity contribution >= 4 is 17.5 Å². The Labute approximate surface area is 101 Å². The van der Waals surface area contributed by atoms with Crippen molar-refractivity contribution in [1.29, 1.82) is 0 Å². The van der Waals surface area contributed by atoms with Gasteiger partial charge < -0.3 is 16.4 Å². The van der Waals surface area contributed by atoms with E-state index in [1.807, 2.05) is 13.8 Å². The van der Waals surface area contributed by atoms with Gasteiger partial charge in [-0.1, -0.05) is 6.92 Å². The van der Waals surface area contributed by atoms with Gasteiger partial charge in [0.2, 0.25) is 5.91 Å². The molecule has 0 saturated carbocycles. The molecule has 0 radical (unpaired) electrons. The predicted molar refractivity (Wildman–Crippen MR) is 67.4 cm³/mol. The van der Waals surface area contributed by atoms with Gasteiger partial charge in [0.15, 0.2) is 0 Å². The minimum Gasteiger partial charge on any atom is -0.382 e. The van der Waals surface area contributed by atoms with Gasteiger partial charge >= 0.3 is 0 Å². The largest absolute Gasteiger partial charge is 0.382 e. The molecule has 1 aromatic rings. The highest BCUT2D eigenvalue weighted by molar-refractivity contribution is 5.76. The molecule has 1 amide bonds. The van der Waals surface area contributed by atoms with E-state index in [9.17, 15) is 4.79 Å². The number of hydrogen-bond donors (Lipinski definition) is 3. The topological polar surface area (TPSA) is 92.9 Å². The SMILES string of the molecule is CCC(C)NC(=O)CCNc1cncc(N)n1. The maximum absolute atomic E-state index is 11.5. The van der Waals surface area contributed by atoms with E-state index in [-0.39, 0.29) is 11.9 Å². The van der Waals surface area contributed by atoms with Crippen molar-refractivity contribution in [2.24, 2.45) is 0 Å². The lowest BCUT2D eigenvalue weighted by Crippen LogP contribution is -2.33. The smallest absolute Gasteiger partial charge is 0.221 e. The van der Waals surface area contributed by atoms with Gasteiger partial charge in [-0.2, -0.15) is 0 Å². The molecule has 0 aliphatic rings. The Balaban J connectivity index is 2.26. The average molecular weight is 237 g/mol. The Bertz CT molecular complexity index is 369. The summed E-state index contributed by atoms with van der Waals surface area (Å²) in [4.78, 5) is 19.4. The van der Waals surface area contributed by atoms with E-state index < -0.39 is 0 Å². The first-order valence-corrected chi connectivity index (χ1v) is 5.72. The molecule has 17 heavy (non-hydrogen) atoms. The van der Waals surface area contributed by atoms with E-state index in [1.165, 1.54) is 6.20 Å². The van der Waals surface area contributed by atoms with Crippen LogP contribution in [0.1, 0.15) is 26.7 Å². The van der Waals surface area contributed by atoms with E-state index in [2.05, 4.69) is 20.6 Å². The molecule has 0 aliphatic heterocycles. The monoisotopic (exact) mass is 237 g/mol. The van der Waals surface area contributed by atoms with Crippen molar-refractivity contribution in [2.45, 2.75) is 32.7 Å². The van der Waals surface area contributed by atoms with Crippen LogP contribution < -0.4 is 16.4 Å². The van der Waals surface area contributed by atoms with E-state index in [0.29, 0.717) is 24.6 Å². The van der Waals surface area contributed by atoms with Crippen molar-refractivity contribution < 1.29 is 4.79 Å². The maximum Gasteiger partial charge on any atom is 0.221 e. The summed E-state index contributed by atoms with van der Waals surface area (Å²) in [6, 6.07) is 0.217. The highest BCUT2D eigenvalue weighted by Crippen LogP contribution is 2.02. The second-order valence-corrected chi connectivity index (χ2v) is 3.88. The van der Waals surface area contributed by atoms with Crippen molar-refractivity contribution in [2.75, 3.05) is 17.6 Å². The first-order chi connectivity index (χ1) is 8.11. The van der Waals surface area contributed by atoms with Crippen LogP contribution in [-0.2, 0) is 4.79 Å². The molecule has 0 fully saturated rings. The summed E-state index contributed by atoms with van der Waals surface area (Å²) in [5.74, 6) is 0.976. The van der Waals surface area contributed by atoms with Crippen LogP contribution >= 0.6 is 0 Å². The van der Waals surface area contributed by atoms with Crippen LogP contribution in [0.4, 0.5) is 11.6 Å². The fraction of sp³-hybridized carbons (Fsp3) is 0.545. The van der Waals surface area contributed by atoms with Crippen LogP contribution in [0, 0.1) is 0 Å². The number of nitrogens with one attached hydrogen (secondary N) is 2. The number of rotatable bonds is 6. The number of carbonyl (C=O) groups excluding carboxylic acids is 1. The third kappa shape index (κ3) is 5.14. The number of hydrogen-bond acceptors (Lipinski definition) is 5. The van der Waals surface area contributed by atoms with E-state index >= 15 is 0 Å². The number of carbonyl (C=O) groups is 1. The number of nitrogens with zero attached hydrogens (tertiary/aromatic N) is 2. The van der Waals surface area contributed by atoms with E-state index in [0.717, 1.165) is 6.42 Å². The fourth-order valence-corrected chi connectivity index (χ4v) is 1.22. The highest BCUT2D eigenvalue weighted by atomic mass is 16.1. The summed E-state index contributed by atoms with van der Waals surface area (Å²) in [6.45, 7) is 4.53. The number of aromatic nitrogens is 2. The molecule has 1 heterocycles. The lowest BCUT2D eigenvalue weighted by atomic mass is 10.2. The molecule has 1 rings (SSSR count). The summed E-state index contributed by atoms with van der Waals surface area (Å²) >= 11 is 0. The molecular weight excluding hydrogens is 218 g/mol. The summed E-state index contributed by atoms with van der Waals surface area (Å²) in [5.41, 5.74) is 5.48. The Morgan fingerprint density at radius 2 is 2.29 bits per heavy atom. The van der Waals surface area contributed by atoms with Crippen molar-refractivity contribution in [3.63, 3.8) is 0 Å². The Hall–Kier alpha value is -1.85. The summed E-state index contributed by atoms with van der Waals surface area (Å²) < 4.78 is 0. The van der Waals surface area contributed by atoms with Gasteiger partial charge in [0.25, 0.3) is 0 Å². The zero-order valence-corrected chi connectivity index (χ0v) is 10.2. The summed E-state index contributed by atoms with van der Waals surface area (Å²) in [6.07, 6.45) is 4.38. The van der Waals surface area contributed by atoms with Gasteiger partial charge in [-0.05, 0) is 13.3 Å². The van der Waals surface area contributed by atoms with Crippen LogP contribution in [0.15, 0.2) is 12.4 Å². The van der Waals surface area contributed by atoms with Gasteiger partial charge in [0.05, 0.1) is 12.4 Å². The maximum atomic E-state index is 11.5. The Kier molecular flexibility index (Phi) is 5.19. The van der Waals surface area contributed by atoms with Gasteiger partial charge in [-0.3, -0.25) is 9.78 Å². The van der Waals surface area contributed by atoms with Crippen molar-refractivity contribution in [3.8, 4) is 0 Å². The first-order valence-electron chi connectivity index (χ1n) is 5.72. The standard InChI is InChI=1S/C11H19N5O/c1-3-8(2)15-11(17)4-5-14-10-7-13-6-9(12)16-10/h6-8H,3-5H2,1-2H3,(H,15,17)(H3,12,14,16). The zero-order valence-electron chi connectivity index (χ0n) is 10.2. The minimum absolute atomic E-state index is 0.0312. The van der Waals surface area contributed by atoms with Crippen LogP contribution in [0.5, 0.6) is 0 Å². The van der Waals surface area contributed by atoms with Crippen LogP contribution in [0.25, 0.3) is 0 Å². The number of nitrogen functional groups attached to an aromatic ring is 1. The molecule has 0 aromatic carbocycles. The van der Waals surface area contributed by atoms with Crippen LogP contribution in [0.3, 0.4) is 0 Å². The van der Waals surface area contributed by atoms with Crippen molar-refractivity contribution in [3.05, 3.63) is 12.4 Å². The lowest BCUT2D eigenvalue weighted by Gasteiger charge is -2.11. The molecule has 4 N–H and O–H groups in total. The molecule has 0 bridgehead atoms. The quantitative estimate of drug-likeness (QED) is 0.679. The summed E-state index contributed by atoms with van der Waals surface area (Å²) in [7, 11) is 0. The number of amides is 1. The zero-order chi connectivity index (χ0) is 12.7. The van der Waals surface area contributed by atoms with Crippen LogP contribution in [-0.4, -0.2) is 28.5 Å². The van der Waals surface area contributed by atoms with E-state index in [4.69, 9.17) is 5.73 Å². The average Bonchev–Trinajstić information content (AvgIpc) is 2.29. The van der Waals surface area contributed by atoms with Crippen molar-refractivity contribution in [1.82, 2.24) is 15.3 Å². The Morgan fingerprint density at radius 1 is 1.53 bits per heavy atom. The normalized spacial score (nSPS) is 11.9. The van der Waals surface area contributed by atoms with Gasteiger partial charge in [0.1, 0.15) is 11.6 Å². The molecule has 0 spiro atoms. The fourth-order valence-electron chi connectivity index (χ4n) is 1.22. The molecule has 6 heteroatoms. The van der Waals surface area contributed by atoms with Crippen LogP contribution in [0.2, 0.25) is 0 Å². The number of anilines is 2. The second-order valence-electron chi connectivity index (χ2n) is 3.88. The molecule has 94 valence electrons. The molecule has 0 aliphatic carbocycles. The second kappa shape index (κ2) is 6.67. The van der Waals surface area contributed by atoms with Gasteiger partial charge in [0, 0.05) is 19.0 Å². The molecule has 1 aromatic heterocycles.